The number of likely N-dealkylation sites (tertiary alicyclic amines) is 1. The largest absolute Gasteiger partial charge is 0.496 e. The van der Waals surface area contributed by atoms with Crippen molar-refractivity contribution in [2.75, 3.05) is 20.8 Å². The van der Waals surface area contributed by atoms with E-state index in [1.807, 2.05) is 6.07 Å². The number of nitrogens with zero attached hydrogens (tertiary/aromatic N) is 2. The van der Waals surface area contributed by atoms with E-state index in [1.165, 1.54) is 13.2 Å². The lowest BCUT2D eigenvalue weighted by molar-refractivity contribution is -0.263. The number of ketones is 1. The highest BCUT2D eigenvalue weighted by Gasteiger charge is 2.63. The minimum absolute atomic E-state index is 0.00753. The van der Waals surface area contributed by atoms with E-state index in [-0.39, 0.29) is 17.9 Å². The average molecular weight is 535 g/mol. The number of methoxy groups -OCH3 is 2. The quantitative estimate of drug-likeness (QED) is 0.560. The van der Waals surface area contributed by atoms with Crippen molar-refractivity contribution in [1.29, 1.82) is 5.26 Å². The Morgan fingerprint density at radius 3 is 2.71 bits per heavy atom. The molecule has 4 unspecified atom stereocenters. The summed E-state index contributed by atoms with van der Waals surface area (Å²) in [6, 6.07) is 5.79. The van der Waals surface area contributed by atoms with Gasteiger partial charge in [-0.1, -0.05) is 12.5 Å². The summed E-state index contributed by atoms with van der Waals surface area (Å²) in [5, 5.41) is 12.6. The van der Waals surface area contributed by atoms with Gasteiger partial charge in [0.25, 0.3) is 5.91 Å². The number of aromatic nitrogens is 1. The fraction of sp³-hybridized carbons (Fsp3) is 0.538. The maximum atomic E-state index is 14.1. The van der Waals surface area contributed by atoms with Crippen molar-refractivity contribution in [3.8, 4) is 11.8 Å². The summed E-state index contributed by atoms with van der Waals surface area (Å²) in [7, 11) is 2.34. The topological polar surface area (TPSA) is 125 Å². The molecular formula is C26H29F3N4O5. The highest BCUT2D eigenvalue weighted by molar-refractivity contribution is 6.02. The van der Waals surface area contributed by atoms with Crippen LogP contribution in [0.5, 0.6) is 5.75 Å². The molecule has 2 fully saturated rings. The van der Waals surface area contributed by atoms with Gasteiger partial charge in [0.2, 0.25) is 5.91 Å². The Morgan fingerprint density at radius 2 is 2.08 bits per heavy atom. The summed E-state index contributed by atoms with van der Waals surface area (Å²) in [5.74, 6) is -1.67. The number of nitriles is 1. The molecule has 1 saturated carbocycles. The van der Waals surface area contributed by atoms with Gasteiger partial charge in [-0.2, -0.15) is 18.4 Å². The number of ether oxygens (including phenoxy) is 2. The molecule has 2 N–H and O–H groups in total. The number of nitrogens with one attached hydrogen (secondary N) is 2. The van der Waals surface area contributed by atoms with Crippen molar-refractivity contribution >= 4 is 28.5 Å². The Hall–Kier alpha value is -3.59. The third kappa shape index (κ3) is 5.07. The first-order chi connectivity index (χ1) is 18.0. The Morgan fingerprint density at radius 1 is 1.32 bits per heavy atom. The number of benzene rings is 1. The van der Waals surface area contributed by atoms with E-state index >= 15 is 0 Å². The van der Waals surface area contributed by atoms with E-state index < -0.39 is 54.6 Å². The maximum absolute atomic E-state index is 14.1. The highest BCUT2D eigenvalue weighted by atomic mass is 19.4. The third-order valence-electron chi connectivity index (χ3n) is 7.54. The summed E-state index contributed by atoms with van der Waals surface area (Å²) in [4.78, 5) is 42.7. The van der Waals surface area contributed by atoms with Gasteiger partial charge in [0.05, 0.1) is 19.7 Å². The molecule has 2 aliphatic rings. The molecule has 1 aliphatic carbocycles. The van der Waals surface area contributed by atoms with Gasteiger partial charge >= 0.3 is 6.18 Å². The number of Topliss-reactive ketones (excluding diaryl/α,β-unsaturated/α-hetero) is 1. The first kappa shape index (κ1) is 27.4. The zero-order valence-corrected chi connectivity index (χ0v) is 21.1. The number of carbonyl (C=O) groups excluding carboxylic acids is 3. The fourth-order valence-corrected chi connectivity index (χ4v) is 5.37. The SMILES string of the molecule is COc1cccc2[nH]c(C(=O)N3CC(OC)(C(F)(F)F)CC3C(=O)NC(C#N)CC3CCCCC3=O)cc12. The number of fused-ring (bicyclic) bond motifs is 1. The lowest BCUT2D eigenvalue weighted by Crippen LogP contribution is -2.50. The summed E-state index contributed by atoms with van der Waals surface area (Å²) < 4.78 is 52.6. The van der Waals surface area contributed by atoms with Gasteiger partial charge in [-0.05, 0) is 37.5 Å². The predicted octanol–water partition coefficient (Wildman–Crippen LogP) is 3.50. The molecule has 4 atom stereocenters. The highest BCUT2D eigenvalue weighted by Crippen LogP contribution is 2.44. The number of carbonyl (C=O) groups is 3. The molecule has 1 aromatic heterocycles. The molecular weight excluding hydrogens is 505 g/mol. The van der Waals surface area contributed by atoms with Crippen LogP contribution < -0.4 is 10.1 Å². The smallest absolute Gasteiger partial charge is 0.419 e. The molecule has 38 heavy (non-hydrogen) atoms. The Kier molecular flexibility index (Phi) is 7.69. The maximum Gasteiger partial charge on any atom is 0.419 e. The van der Waals surface area contributed by atoms with Crippen LogP contribution in [0, 0.1) is 17.2 Å². The number of alkyl halides is 3. The number of amides is 2. The van der Waals surface area contributed by atoms with Crippen molar-refractivity contribution in [2.24, 2.45) is 5.92 Å². The normalized spacial score (nSPS) is 24.7. The minimum Gasteiger partial charge on any atom is -0.496 e. The third-order valence-corrected chi connectivity index (χ3v) is 7.54. The second-order valence-corrected chi connectivity index (χ2v) is 9.79. The standard InChI is InChI=1S/C26H29F3N4O5/c1-37-22-9-5-7-18-17(22)11-19(32-18)24(36)33-14-25(38-2,26(27,28)29)12-20(33)23(35)31-16(13-30)10-15-6-3-4-8-21(15)34/h5,7,9,11,15-16,20,32H,3-4,6,8,10,12,14H2,1-2H3,(H,31,35). The number of hydrogen-bond acceptors (Lipinski definition) is 6. The first-order valence-electron chi connectivity index (χ1n) is 12.3. The molecule has 9 nitrogen and oxygen atoms in total. The number of aromatic amines is 1. The van der Waals surface area contributed by atoms with Crippen LogP contribution in [0.1, 0.15) is 49.0 Å². The van der Waals surface area contributed by atoms with Crippen LogP contribution in [-0.2, 0) is 14.3 Å². The molecule has 0 bridgehead atoms. The lowest BCUT2D eigenvalue weighted by Gasteiger charge is -2.29. The van der Waals surface area contributed by atoms with E-state index in [0.717, 1.165) is 24.9 Å². The zero-order chi connectivity index (χ0) is 27.7. The fourth-order valence-electron chi connectivity index (χ4n) is 5.37. The van der Waals surface area contributed by atoms with Gasteiger partial charge in [-0.3, -0.25) is 14.4 Å². The van der Waals surface area contributed by atoms with Crippen LogP contribution in [-0.4, -0.2) is 72.1 Å². The molecule has 1 saturated heterocycles. The number of H-pyrrole nitrogens is 1. The Balaban J connectivity index is 1.62. The van der Waals surface area contributed by atoms with E-state index in [1.54, 1.807) is 18.2 Å². The van der Waals surface area contributed by atoms with Crippen LogP contribution in [0.3, 0.4) is 0 Å². The second kappa shape index (κ2) is 10.6. The van der Waals surface area contributed by atoms with Gasteiger partial charge in [-0.15, -0.1) is 0 Å². The van der Waals surface area contributed by atoms with Crippen LogP contribution in [0.25, 0.3) is 10.9 Å². The van der Waals surface area contributed by atoms with Gasteiger partial charge < -0.3 is 24.7 Å². The molecule has 12 heteroatoms. The van der Waals surface area contributed by atoms with Crippen molar-refractivity contribution < 1.29 is 37.0 Å². The number of hydrogen-bond donors (Lipinski definition) is 2. The molecule has 1 aromatic carbocycles. The van der Waals surface area contributed by atoms with Crippen LogP contribution in [0.15, 0.2) is 24.3 Å². The predicted molar refractivity (Wildman–Crippen MR) is 129 cm³/mol. The number of halogens is 3. The van der Waals surface area contributed by atoms with E-state index in [4.69, 9.17) is 9.47 Å². The van der Waals surface area contributed by atoms with Crippen molar-refractivity contribution in [2.45, 2.75) is 62.4 Å². The first-order valence-corrected chi connectivity index (χ1v) is 12.3. The van der Waals surface area contributed by atoms with Gasteiger partial charge in [0, 0.05) is 36.8 Å². The second-order valence-electron chi connectivity index (χ2n) is 9.79. The molecule has 2 amide bonds. The molecule has 0 spiro atoms. The van der Waals surface area contributed by atoms with Crippen molar-refractivity contribution in [1.82, 2.24) is 15.2 Å². The molecule has 204 valence electrons. The summed E-state index contributed by atoms with van der Waals surface area (Å²) in [6.07, 6.45) is -3.06. The van der Waals surface area contributed by atoms with E-state index in [0.29, 0.717) is 29.5 Å². The molecule has 0 radical (unpaired) electrons. The summed E-state index contributed by atoms with van der Waals surface area (Å²) in [6.45, 7) is -0.908. The van der Waals surface area contributed by atoms with Crippen molar-refractivity contribution in [3.05, 3.63) is 30.0 Å². The van der Waals surface area contributed by atoms with Crippen LogP contribution >= 0.6 is 0 Å². The van der Waals surface area contributed by atoms with Gasteiger partial charge in [-0.25, -0.2) is 0 Å². The van der Waals surface area contributed by atoms with E-state index in [2.05, 4.69) is 10.3 Å². The van der Waals surface area contributed by atoms with Crippen LogP contribution in [0.2, 0.25) is 0 Å². The van der Waals surface area contributed by atoms with Crippen LogP contribution in [0.4, 0.5) is 13.2 Å². The molecule has 2 heterocycles. The lowest BCUT2D eigenvalue weighted by atomic mass is 9.84. The average Bonchev–Trinajstić information content (AvgIpc) is 3.52. The van der Waals surface area contributed by atoms with Gasteiger partial charge in [0.15, 0.2) is 5.60 Å². The molecule has 1 aliphatic heterocycles. The summed E-state index contributed by atoms with van der Waals surface area (Å²) >= 11 is 0. The van der Waals surface area contributed by atoms with E-state index in [9.17, 15) is 32.8 Å². The number of rotatable bonds is 7. The monoisotopic (exact) mass is 534 g/mol. The minimum atomic E-state index is -4.87. The summed E-state index contributed by atoms with van der Waals surface area (Å²) in [5.41, 5.74) is -2.26. The molecule has 4 rings (SSSR count). The van der Waals surface area contributed by atoms with Gasteiger partial charge in [0.1, 0.15) is 29.3 Å². The molecule has 2 aromatic rings. The van der Waals surface area contributed by atoms with Crippen molar-refractivity contribution in [3.63, 3.8) is 0 Å². The Bertz CT molecular complexity index is 1270. The zero-order valence-electron chi connectivity index (χ0n) is 21.1. The Labute approximate surface area is 217 Å².